The monoisotopic (exact) mass is 308 g/mol. The second kappa shape index (κ2) is 5.89. The molecule has 0 amide bonds. The Balaban J connectivity index is 2.20. The van der Waals surface area contributed by atoms with Crippen LogP contribution >= 0.6 is 11.3 Å². The first-order valence-corrected chi connectivity index (χ1v) is 8.83. The molecule has 3 nitrogen and oxygen atoms in total. The van der Waals surface area contributed by atoms with E-state index in [4.69, 9.17) is 0 Å². The summed E-state index contributed by atoms with van der Waals surface area (Å²) in [7, 11) is -3.57. The van der Waals surface area contributed by atoms with E-state index in [9.17, 15) is 13.2 Å². The van der Waals surface area contributed by atoms with E-state index in [0.29, 0.717) is 10.8 Å². The van der Waals surface area contributed by atoms with Crippen molar-refractivity contribution in [3.05, 3.63) is 52.2 Å². The molecule has 1 aromatic heterocycles. The maximum Gasteiger partial charge on any atom is 0.188 e. The van der Waals surface area contributed by atoms with Crippen LogP contribution in [0.5, 0.6) is 0 Å². The summed E-state index contributed by atoms with van der Waals surface area (Å²) in [6, 6.07) is 10.1. The minimum atomic E-state index is -3.57. The number of carbonyl (C=O) groups is 1. The number of rotatable bonds is 5. The highest BCUT2D eigenvalue weighted by atomic mass is 32.2. The van der Waals surface area contributed by atoms with Crippen LogP contribution in [-0.4, -0.2) is 20.0 Å². The summed E-state index contributed by atoms with van der Waals surface area (Å²) in [5, 5.41) is 1.76. The van der Waals surface area contributed by atoms with Crippen LogP contribution in [0.15, 0.2) is 46.7 Å². The largest absolute Gasteiger partial charge is 0.292 e. The first-order valence-electron chi connectivity index (χ1n) is 6.29. The van der Waals surface area contributed by atoms with Gasteiger partial charge in [-0.1, -0.05) is 32.0 Å². The number of sulfone groups is 1. The highest BCUT2D eigenvalue weighted by Crippen LogP contribution is 2.19. The summed E-state index contributed by atoms with van der Waals surface area (Å²) in [6.45, 7) is 4.09. The van der Waals surface area contributed by atoms with Crippen molar-refractivity contribution >= 4 is 27.0 Å². The van der Waals surface area contributed by atoms with Gasteiger partial charge in [-0.05, 0) is 35.1 Å². The second-order valence-electron chi connectivity index (χ2n) is 4.88. The summed E-state index contributed by atoms with van der Waals surface area (Å²) in [5.74, 6) is -0.485. The smallest absolute Gasteiger partial charge is 0.188 e. The van der Waals surface area contributed by atoms with E-state index in [1.165, 1.54) is 11.3 Å². The molecule has 0 N–H and O–H groups in total. The molecule has 0 aliphatic rings. The zero-order valence-corrected chi connectivity index (χ0v) is 13.0. The minimum Gasteiger partial charge on any atom is -0.292 e. The van der Waals surface area contributed by atoms with Gasteiger partial charge in [-0.15, -0.1) is 11.3 Å². The van der Waals surface area contributed by atoms with Gasteiger partial charge in [-0.2, -0.15) is 0 Å². The van der Waals surface area contributed by atoms with Gasteiger partial charge in [0.05, 0.1) is 9.77 Å². The Morgan fingerprint density at radius 3 is 2.30 bits per heavy atom. The maximum absolute atomic E-state index is 12.2. The fraction of sp³-hybridized carbons (Fsp3) is 0.267. The summed E-state index contributed by atoms with van der Waals surface area (Å²) in [4.78, 5) is 12.6. The molecule has 1 aromatic carbocycles. The molecule has 0 saturated heterocycles. The Morgan fingerprint density at radius 1 is 1.15 bits per heavy atom. The summed E-state index contributed by atoms with van der Waals surface area (Å²) < 4.78 is 24.4. The molecule has 0 bridgehead atoms. The number of hydrogen-bond donors (Lipinski definition) is 0. The average Bonchev–Trinajstić information content (AvgIpc) is 2.92. The van der Waals surface area contributed by atoms with Crippen LogP contribution < -0.4 is 0 Å². The highest BCUT2D eigenvalue weighted by Gasteiger charge is 2.21. The maximum atomic E-state index is 12.2. The van der Waals surface area contributed by atoms with Gasteiger partial charge in [-0.3, -0.25) is 4.79 Å². The topological polar surface area (TPSA) is 51.2 Å². The SMILES string of the molecule is CC(C)c1ccc(S(=O)(=O)CC(=O)c2cccs2)cc1. The lowest BCUT2D eigenvalue weighted by Crippen LogP contribution is -2.15. The minimum absolute atomic E-state index is 0.201. The summed E-state index contributed by atoms with van der Waals surface area (Å²) in [6.07, 6.45) is 0. The van der Waals surface area contributed by atoms with Gasteiger partial charge in [0.25, 0.3) is 0 Å². The van der Waals surface area contributed by atoms with Gasteiger partial charge in [0.15, 0.2) is 15.6 Å². The van der Waals surface area contributed by atoms with Crippen molar-refractivity contribution < 1.29 is 13.2 Å². The van der Waals surface area contributed by atoms with Crippen molar-refractivity contribution in [3.8, 4) is 0 Å². The Morgan fingerprint density at radius 2 is 1.80 bits per heavy atom. The van der Waals surface area contributed by atoms with Crippen LogP contribution in [0, 0.1) is 0 Å². The van der Waals surface area contributed by atoms with E-state index in [-0.39, 0.29) is 10.7 Å². The molecular formula is C15H16O3S2. The molecule has 0 aliphatic carbocycles. The quantitative estimate of drug-likeness (QED) is 0.794. The molecule has 5 heteroatoms. The van der Waals surface area contributed by atoms with Crippen LogP contribution in [0.3, 0.4) is 0 Å². The summed E-state index contributed by atoms with van der Waals surface area (Å²) >= 11 is 1.26. The van der Waals surface area contributed by atoms with E-state index in [0.717, 1.165) is 5.56 Å². The van der Waals surface area contributed by atoms with Crippen molar-refractivity contribution in [2.45, 2.75) is 24.7 Å². The molecule has 0 atom stereocenters. The van der Waals surface area contributed by atoms with Gasteiger partial charge < -0.3 is 0 Å². The van der Waals surface area contributed by atoms with Crippen molar-refractivity contribution in [2.75, 3.05) is 5.75 Å². The standard InChI is InChI=1S/C15H16O3S2/c1-11(2)12-5-7-13(8-6-12)20(17,18)10-14(16)15-4-3-9-19-15/h3-9,11H,10H2,1-2H3. The fourth-order valence-corrected chi connectivity index (χ4v) is 3.80. The van der Waals surface area contributed by atoms with Gasteiger partial charge in [-0.25, -0.2) is 8.42 Å². The molecule has 0 aliphatic heterocycles. The van der Waals surface area contributed by atoms with Crippen LogP contribution in [0.1, 0.15) is 35.0 Å². The number of benzene rings is 1. The van der Waals surface area contributed by atoms with Crippen molar-refractivity contribution in [2.24, 2.45) is 0 Å². The predicted molar refractivity (Wildman–Crippen MR) is 81.2 cm³/mol. The molecule has 0 unspecified atom stereocenters. The lowest BCUT2D eigenvalue weighted by atomic mass is 10.0. The normalized spacial score (nSPS) is 11.8. The number of ketones is 1. The van der Waals surface area contributed by atoms with E-state index < -0.39 is 15.6 Å². The molecule has 0 radical (unpaired) electrons. The number of Topliss-reactive ketones (excluding diaryl/α,β-unsaturated/α-hetero) is 1. The van der Waals surface area contributed by atoms with E-state index in [2.05, 4.69) is 0 Å². The van der Waals surface area contributed by atoms with Gasteiger partial charge in [0.2, 0.25) is 0 Å². The average molecular weight is 308 g/mol. The molecule has 106 valence electrons. The van der Waals surface area contributed by atoms with Gasteiger partial charge in [0, 0.05) is 0 Å². The lowest BCUT2D eigenvalue weighted by Gasteiger charge is -2.07. The third-order valence-corrected chi connectivity index (χ3v) is 5.57. The zero-order valence-electron chi connectivity index (χ0n) is 11.4. The van der Waals surface area contributed by atoms with Crippen molar-refractivity contribution in [1.29, 1.82) is 0 Å². The fourth-order valence-electron chi connectivity index (χ4n) is 1.82. The number of carbonyl (C=O) groups excluding carboxylic acids is 1. The molecule has 2 aromatic rings. The second-order valence-corrected chi connectivity index (χ2v) is 7.82. The molecule has 0 spiro atoms. The molecular weight excluding hydrogens is 292 g/mol. The van der Waals surface area contributed by atoms with Gasteiger partial charge >= 0.3 is 0 Å². The van der Waals surface area contributed by atoms with Gasteiger partial charge in [0.1, 0.15) is 5.75 Å². The van der Waals surface area contributed by atoms with Crippen molar-refractivity contribution in [1.82, 2.24) is 0 Å². The van der Waals surface area contributed by atoms with Crippen LogP contribution in [0.25, 0.3) is 0 Å². The number of thiophene rings is 1. The highest BCUT2D eigenvalue weighted by molar-refractivity contribution is 7.92. The molecule has 20 heavy (non-hydrogen) atoms. The Bertz CT molecular complexity index is 681. The zero-order chi connectivity index (χ0) is 14.8. The van der Waals surface area contributed by atoms with E-state index in [1.54, 1.807) is 41.8 Å². The van der Waals surface area contributed by atoms with E-state index >= 15 is 0 Å². The molecule has 0 fully saturated rings. The third kappa shape index (κ3) is 3.35. The van der Waals surface area contributed by atoms with E-state index in [1.807, 2.05) is 13.8 Å². The Labute approximate surface area is 123 Å². The summed E-state index contributed by atoms with van der Waals surface area (Å²) in [5.41, 5.74) is 1.08. The van der Waals surface area contributed by atoms with Crippen LogP contribution in [0.4, 0.5) is 0 Å². The molecule has 2 rings (SSSR count). The Hall–Kier alpha value is -1.46. The van der Waals surface area contributed by atoms with Crippen molar-refractivity contribution in [3.63, 3.8) is 0 Å². The first-order chi connectivity index (χ1) is 9.40. The Kier molecular flexibility index (Phi) is 4.40. The predicted octanol–water partition coefficient (Wildman–Crippen LogP) is 3.53. The number of hydrogen-bond acceptors (Lipinski definition) is 4. The lowest BCUT2D eigenvalue weighted by molar-refractivity contribution is 0.102. The first kappa shape index (κ1) is 14.9. The van der Waals surface area contributed by atoms with Crippen LogP contribution in [-0.2, 0) is 9.84 Å². The molecule has 1 heterocycles. The molecule has 0 saturated carbocycles. The third-order valence-electron chi connectivity index (χ3n) is 3.02. The van der Waals surface area contributed by atoms with Crippen LogP contribution in [0.2, 0.25) is 0 Å².